The minimum Gasteiger partial charge on any atom is -0.312 e. The third kappa shape index (κ3) is 2.72. The van der Waals surface area contributed by atoms with E-state index in [0.717, 1.165) is 12.1 Å². The first kappa shape index (κ1) is 13.1. The second kappa shape index (κ2) is 6.01. The first-order valence-corrected chi connectivity index (χ1v) is 6.76. The highest BCUT2D eigenvalue weighted by Gasteiger charge is 2.24. The number of carbonyl (C=O) groups excluding carboxylic acids is 2. The maximum Gasteiger partial charge on any atom is 0.227 e. The van der Waals surface area contributed by atoms with Crippen LogP contribution in [0.3, 0.4) is 0 Å². The molecule has 0 saturated heterocycles. The van der Waals surface area contributed by atoms with Crippen LogP contribution in [0.5, 0.6) is 0 Å². The van der Waals surface area contributed by atoms with Gasteiger partial charge >= 0.3 is 0 Å². The van der Waals surface area contributed by atoms with E-state index in [1.807, 2.05) is 18.2 Å². The predicted molar refractivity (Wildman–Crippen MR) is 72.3 cm³/mol. The van der Waals surface area contributed by atoms with Gasteiger partial charge in [0.2, 0.25) is 5.91 Å². The lowest BCUT2D eigenvalue weighted by molar-refractivity contribution is -0.118. The Morgan fingerprint density at radius 3 is 2.89 bits per heavy atom. The lowest BCUT2D eigenvalue weighted by Gasteiger charge is -2.22. The Bertz CT molecular complexity index is 459. The Hall–Kier alpha value is -1.35. The standard InChI is InChI=1S/C14H16ClNO2/c15-9-3-8-14(18)16-10-4-7-13(17)11-5-1-2-6-12(11)16/h1-2,5-6H,3-4,7-10H2. The molecular formula is C14H16ClNO2. The second-order valence-electron chi connectivity index (χ2n) is 4.38. The number of alkyl halides is 1. The highest BCUT2D eigenvalue weighted by atomic mass is 35.5. The molecule has 2 rings (SSSR count). The molecule has 0 aliphatic carbocycles. The molecule has 0 unspecified atom stereocenters. The van der Waals surface area contributed by atoms with Crippen molar-refractivity contribution in [3.8, 4) is 0 Å². The molecule has 18 heavy (non-hydrogen) atoms. The van der Waals surface area contributed by atoms with Crippen LogP contribution in [0, 0.1) is 0 Å². The van der Waals surface area contributed by atoms with Crippen molar-refractivity contribution < 1.29 is 9.59 Å². The van der Waals surface area contributed by atoms with E-state index < -0.39 is 0 Å². The van der Waals surface area contributed by atoms with Gasteiger partial charge in [-0.15, -0.1) is 11.6 Å². The van der Waals surface area contributed by atoms with Gasteiger partial charge in [0.1, 0.15) is 0 Å². The summed E-state index contributed by atoms with van der Waals surface area (Å²) in [7, 11) is 0. The molecule has 1 aromatic carbocycles. The smallest absolute Gasteiger partial charge is 0.227 e. The maximum atomic E-state index is 12.1. The number of hydrogen-bond acceptors (Lipinski definition) is 2. The first-order valence-electron chi connectivity index (χ1n) is 6.22. The van der Waals surface area contributed by atoms with Crippen LogP contribution in [0.2, 0.25) is 0 Å². The SMILES string of the molecule is O=C1CCCN(C(=O)CCCCl)c2ccccc21. The first-order chi connectivity index (χ1) is 8.74. The van der Waals surface area contributed by atoms with Gasteiger partial charge in [-0.1, -0.05) is 12.1 Å². The summed E-state index contributed by atoms with van der Waals surface area (Å²) < 4.78 is 0. The molecule has 0 N–H and O–H groups in total. The largest absolute Gasteiger partial charge is 0.312 e. The van der Waals surface area contributed by atoms with Crippen LogP contribution >= 0.6 is 11.6 Å². The summed E-state index contributed by atoms with van der Waals surface area (Å²) in [6.07, 6.45) is 2.34. The zero-order valence-electron chi connectivity index (χ0n) is 10.2. The predicted octanol–water partition coefficient (Wildman–Crippen LogP) is 3.02. The van der Waals surface area contributed by atoms with Gasteiger partial charge in [0.25, 0.3) is 0 Å². The average molecular weight is 266 g/mol. The highest BCUT2D eigenvalue weighted by molar-refractivity contribution is 6.18. The number of fused-ring (bicyclic) bond motifs is 1. The van der Waals surface area contributed by atoms with Crippen LogP contribution in [-0.4, -0.2) is 24.1 Å². The van der Waals surface area contributed by atoms with E-state index in [2.05, 4.69) is 0 Å². The maximum absolute atomic E-state index is 12.1. The molecule has 0 bridgehead atoms. The van der Waals surface area contributed by atoms with Crippen molar-refractivity contribution in [2.45, 2.75) is 25.7 Å². The number of anilines is 1. The minimum atomic E-state index is 0.0535. The van der Waals surface area contributed by atoms with Gasteiger partial charge in [0.05, 0.1) is 5.69 Å². The Morgan fingerprint density at radius 2 is 2.11 bits per heavy atom. The van der Waals surface area contributed by atoms with Crippen molar-refractivity contribution in [3.63, 3.8) is 0 Å². The normalized spacial score (nSPS) is 15.2. The number of amides is 1. The molecule has 0 atom stereocenters. The zero-order chi connectivity index (χ0) is 13.0. The molecule has 1 aliphatic heterocycles. The van der Waals surface area contributed by atoms with Crippen LogP contribution in [-0.2, 0) is 4.79 Å². The third-order valence-corrected chi connectivity index (χ3v) is 3.37. The number of nitrogens with zero attached hydrogens (tertiary/aromatic N) is 1. The van der Waals surface area contributed by atoms with Gasteiger partial charge in [0.15, 0.2) is 5.78 Å². The minimum absolute atomic E-state index is 0.0535. The van der Waals surface area contributed by atoms with Gasteiger partial charge in [-0.25, -0.2) is 0 Å². The molecule has 96 valence electrons. The molecule has 3 nitrogen and oxygen atoms in total. The second-order valence-corrected chi connectivity index (χ2v) is 4.76. The zero-order valence-corrected chi connectivity index (χ0v) is 10.9. The van der Waals surface area contributed by atoms with E-state index >= 15 is 0 Å². The van der Waals surface area contributed by atoms with Crippen LogP contribution < -0.4 is 4.90 Å². The summed E-state index contributed by atoms with van der Waals surface area (Å²) in [5.74, 6) is 0.663. The Balaban J connectivity index is 2.28. The molecule has 4 heteroatoms. The fourth-order valence-corrected chi connectivity index (χ4v) is 2.34. The van der Waals surface area contributed by atoms with Crippen molar-refractivity contribution >= 4 is 29.0 Å². The molecule has 0 fully saturated rings. The number of halogens is 1. The van der Waals surface area contributed by atoms with Gasteiger partial charge in [-0.05, 0) is 25.0 Å². The van der Waals surface area contributed by atoms with Crippen molar-refractivity contribution in [3.05, 3.63) is 29.8 Å². The molecular weight excluding hydrogens is 250 g/mol. The fraction of sp³-hybridized carbons (Fsp3) is 0.429. The lowest BCUT2D eigenvalue weighted by atomic mass is 10.1. The topological polar surface area (TPSA) is 37.4 Å². The molecule has 1 heterocycles. The fourth-order valence-electron chi connectivity index (χ4n) is 2.21. The van der Waals surface area contributed by atoms with Crippen molar-refractivity contribution in [1.29, 1.82) is 0 Å². The molecule has 1 aliphatic rings. The van der Waals surface area contributed by atoms with Crippen LogP contribution in [0.4, 0.5) is 5.69 Å². The highest BCUT2D eigenvalue weighted by Crippen LogP contribution is 2.26. The monoisotopic (exact) mass is 265 g/mol. The van der Waals surface area contributed by atoms with E-state index in [1.165, 1.54) is 0 Å². The van der Waals surface area contributed by atoms with E-state index in [1.54, 1.807) is 11.0 Å². The summed E-state index contributed by atoms with van der Waals surface area (Å²) in [6.45, 7) is 0.615. The Labute approximate surface area is 112 Å². The number of hydrogen-bond donors (Lipinski definition) is 0. The number of rotatable bonds is 3. The van der Waals surface area contributed by atoms with Gasteiger partial charge in [0, 0.05) is 30.8 Å². The number of para-hydroxylation sites is 1. The van der Waals surface area contributed by atoms with Crippen LogP contribution in [0.1, 0.15) is 36.0 Å². The number of benzene rings is 1. The van der Waals surface area contributed by atoms with Crippen LogP contribution in [0.15, 0.2) is 24.3 Å². The van der Waals surface area contributed by atoms with Gasteiger partial charge in [-0.2, -0.15) is 0 Å². The van der Waals surface area contributed by atoms with Crippen molar-refractivity contribution in [1.82, 2.24) is 0 Å². The summed E-state index contributed by atoms with van der Waals surface area (Å²) in [5, 5.41) is 0. The molecule has 1 aromatic rings. The van der Waals surface area contributed by atoms with E-state index in [-0.39, 0.29) is 11.7 Å². The lowest BCUT2D eigenvalue weighted by Crippen LogP contribution is -2.31. The summed E-state index contributed by atoms with van der Waals surface area (Å²) in [6, 6.07) is 7.34. The number of Topliss-reactive ketones (excluding diaryl/α,β-unsaturated/α-hetero) is 1. The molecule has 0 saturated carbocycles. The van der Waals surface area contributed by atoms with E-state index in [9.17, 15) is 9.59 Å². The summed E-state index contributed by atoms with van der Waals surface area (Å²) in [4.78, 5) is 25.8. The Kier molecular flexibility index (Phi) is 4.37. The van der Waals surface area contributed by atoms with Crippen molar-refractivity contribution in [2.24, 2.45) is 0 Å². The van der Waals surface area contributed by atoms with Crippen LogP contribution in [0.25, 0.3) is 0 Å². The third-order valence-electron chi connectivity index (χ3n) is 3.11. The van der Waals surface area contributed by atoms with Crippen molar-refractivity contribution in [2.75, 3.05) is 17.3 Å². The molecule has 0 spiro atoms. The summed E-state index contributed by atoms with van der Waals surface area (Å²) in [5.41, 5.74) is 1.41. The van der Waals surface area contributed by atoms with E-state index in [4.69, 9.17) is 11.6 Å². The van der Waals surface area contributed by atoms with Gasteiger partial charge in [-0.3, -0.25) is 9.59 Å². The summed E-state index contributed by atoms with van der Waals surface area (Å²) >= 11 is 5.62. The molecule has 1 amide bonds. The quantitative estimate of drug-likeness (QED) is 0.788. The average Bonchev–Trinajstić information content (AvgIpc) is 2.56. The Morgan fingerprint density at radius 1 is 1.33 bits per heavy atom. The molecule has 0 aromatic heterocycles. The number of ketones is 1. The number of carbonyl (C=O) groups is 2. The molecule has 0 radical (unpaired) electrons. The van der Waals surface area contributed by atoms with E-state index in [0.29, 0.717) is 37.3 Å². The van der Waals surface area contributed by atoms with Gasteiger partial charge < -0.3 is 4.90 Å².